The summed E-state index contributed by atoms with van der Waals surface area (Å²) < 4.78 is 17.2. The highest BCUT2D eigenvalue weighted by Crippen LogP contribution is 2.34. The largest absolute Gasteiger partial charge is 0.479 e. The molecule has 0 N–H and O–H groups in total. The minimum Gasteiger partial charge on any atom is -0.479 e. The summed E-state index contributed by atoms with van der Waals surface area (Å²) in [5.74, 6) is 0.762. The van der Waals surface area contributed by atoms with E-state index in [1.54, 1.807) is 19.1 Å². The number of carbonyl (C=O) groups is 1. The lowest BCUT2D eigenvalue weighted by molar-refractivity contribution is -0.157. The maximum Gasteiger partial charge on any atom is 0.347 e. The molecule has 5 heteroatoms. The number of nitrogens with zero attached hydrogens (tertiary/aromatic N) is 1. The number of esters is 1. The summed E-state index contributed by atoms with van der Waals surface area (Å²) in [4.78, 5) is 12.7. The Balaban J connectivity index is 1.53. The Morgan fingerprint density at radius 1 is 0.879 bits per heavy atom. The molecule has 0 aliphatic rings. The number of aromatic nitrogens is 1. The van der Waals surface area contributed by atoms with Crippen LogP contribution in [0.25, 0.3) is 0 Å². The zero-order valence-corrected chi connectivity index (χ0v) is 18.8. The lowest BCUT2D eigenvalue weighted by Crippen LogP contribution is -2.27. The van der Waals surface area contributed by atoms with Crippen LogP contribution in [-0.2, 0) is 9.53 Å². The van der Waals surface area contributed by atoms with Crippen LogP contribution in [0.4, 0.5) is 0 Å². The number of hydrogen-bond acceptors (Lipinski definition) is 5. The molecule has 5 nitrogen and oxygen atoms in total. The molecule has 33 heavy (non-hydrogen) atoms. The molecule has 0 fully saturated rings. The second kappa shape index (κ2) is 10.6. The van der Waals surface area contributed by atoms with Crippen LogP contribution >= 0.6 is 0 Å². The first kappa shape index (κ1) is 22.3. The molecule has 0 aliphatic heterocycles. The highest BCUT2D eigenvalue weighted by atomic mass is 16.6. The van der Waals surface area contributed by atoms with Gasteiger partial charge in [0.2, 0.25) is 0 Å². The number of benzene rings is 3. The second-order valence-electron chi connectivity index (χ2n) is 7.82. The third-order valence-electron chi connectivity index (χ3n) is 5.44. The van der Waals surface area contributed by atoms with Gasteiger partial charge >= 0.3 is 5.97 Å². The van der Waals surface area contributed by atoms with E-state index in [0.29, 0.717) is 23.6 Å². The van der Waals surface area contributed by atoms with Gasteiger partial charge in [-0.3, -0.25) is 0 Å². The van der Waals surface area contributed by atoms with Crippen molar-refractivity contribution in [2.24, 2.45) is 0 Å². The van der Waals surface area contributed by atoms with Crippen molar-refractivity contribution in [2.45, 2.75) is 38.4 Å². The molecule has 0 saturated heterocycles. The van der Waals surface area contributed by atoms with Gasteiger partial charge in [0.25, 0.3) is 0 Å². The van der Waals surface area contributed by atoms with Crippen molar-refractivity contribution in [2.75, 3.05) is 0 Å². The molecule has 1 heterocycles. The maximum atomic E-state index is 12.7. The fourth-order valence-electron chi connectivity index (χ4n) is 3.74. The maximum absolute atomic E-state index is 12.7. The molecule has 0 bridgehead atoms. The molecule has 168 valence electrons. The van der Waals surface area contributed by atoms with Gasteiger partial charge in [0.05, 0.1) is 5.92 Å². The Morgan fingerprint density at radius 2 is 1.42 bits per heavy atom. The van der Waals surface area contributed by atoms with Crippen LogP contribution in [0.15, 0.2) is 102 Å². The first-order valence-corrected chi connectivity index (χ1v) is 11.1. The summed E-state index contributed by atoms with van der Waals surface area (Å²) in [6.45, 7) is 3.62. The quantitative estimate of drug-likeness (QED) is 0.285. The van der Waals surface area contributed by atoms with Crippen molar-refractivity contribution in [1.29, 1.82) is 0 Å². The van der Waals surface area contributed by atoms with Gasteiger partial charge in [0, 0.05) is 6.07 Å². The lowest BCUT2D eigenvalue weighted by atomic mass is 9.89. The SMILES string of the molecule is CCC(OC(=O)C(C)Oc1ccccc1)c1cc(C(c2ccccc2)c2ccccc2)on1. The number of rotatable bonds is 9. The molecule has 2 unspecified atom stereocenters. The number of hydrogen-bond donors (Lipinski definition) is 0. The summed E-state index contributed by atoms with van der Waals surface area (Å²) in [7, 11) is 0. The summed E-state index contributed by atoms with van der Waals surface area (Å²) in [6.07, 6.45) is -0.699. The van der Waals surface area contributed by atoms with Crippen molar-refractivity contribution in [1.82, 2.24) is 5.16 Å². The Morgan fingerprint density at radius 3 is 1.97 bits per heavy atom. The smallest absolute Gasteiger partial charge is 0.347 e. The van der Waals surface area contributed by atoms with E-state index in [1.165, 1.54) is 0 Å². The molecule has 0 amide bonds. The van der Waals surface area contributed by atoms with E-state index in [4.69, 9.17) is 14.0 Å². The van der Waals surface area contributed by atoms with Crippen molar-refractivity contribution in [3.8, 4) is 5.75 Å². The third-order valence-corrected chi connectivity index (χ3v) is 5.44. The minimum absolute atomic E-state index is 0.109. The zero-order chi connectivity index (χ0) is 23.0. The molecule has 0 spiro atoms. The van der Waals surface area contributed by atoms with Gasteiger partial charge in [0.15, 0.2) is 6.10 Å². The van der Waals surface area contributed by atoms with E-state index >= 15 is 0 Å². The first-order valence-electron chi connectivity index (χ1n) is 11.1. The normalized spacial score (nSPS) is 12.8. The van der Waals surface area contributed by atoms with Crippen LogP contribution in [0.3, 0.4) is 0 Å². The van der Waals surface area contributed by atoms with Crippen molar-refractivity contribution >= 4 is 5.97 Å². The predicted molar refractivity (Wildman–Crippen MR) is 126 cm³/mol. The monoisotopic (exact) mass is 441 g/mol. The highest BCUT2D eigenvalue weighted by Gasteiger charge is 2.27. The van der Waals surface area contributed by atoms with E-state index in [-0.39, 0.29) is 5.92 Å². The number of para-hydroxylation sites is 1. The molecule has 3 aromatic carbocycles. The summed E-state index contributed by atoms with van der Waals surface area (Å²) >= 11 is 0. The van der Waals surface area contributed by atoms with Crippen LogP contribution in [0, 0.1) is 0 Å². The summed E-state index contributed by atoms with van der Waals surface area (Å²) in [6, 6.07) is 31.4. The van der Waals surface area contributed by atoms with E-state index < -0.39 is 18.2 Å². The van der Waals surface area contributed by atoms with Gasteiger partial charge in [-0.1, -0.05) is 90.9 Å². The predicted octanol–water partition coefficient (Wildman–Crippen LogP) is 6.32. The number of ether oxygens (including phenoxy) is 2. The fourth-order valence-corrected chi connectivity index (χ4v) is 3.74. The fraction of sp³-hybridized carbons (Fsp3) is 0.214. The summed E-state index contributed by atoms with van der Waals surface area (Å²) in [5, 5.41) is 4.26. The Kier molecular flexibility index (Phi) is 7.20. The molecule has 0 aliphatic carbocycles. The summed E-state index contributed by atoms with van der Waals surface area (Å²) in [5.41, 5.74) is 2.78. The molecular formula is C28H27NO4. The van der Waals surface area contributed by atoms with Crippen molar-refractivity contribution < 1.29 is 18.8 Å². The van der Waals surface area contributed by atoms with Crippen LogP contribution in [-0.4, -0.2) is 17.2 Å². The topological polar surface area (TPSA) is 61.6 Å². The van der Waals surface area contributed by atoms with Gasteiger partial charge in [-0.15, -0.1) is 0 Å². The molecule has 4 aromatic rings. The molecule has 0 saturated carbocycles. The van der Waals surface area contributed by atoms with E-state index in [0.717, 1.165) is 11.1 Å². The van der Waals surface area contributed by atoms with Gasteiger partial charge in [0.1, 0.15) is 23.3 Å². The average Bonchev–Trinajstić information content (AvgIpc) is 3.34. The highest BCUT2D eigenvalue weighted by molar-refractivity contribution is 5.75. The van der Waals surface area contributed by atoms with Crippen molar-refractivity contribution in [3.63, 3.8) is 0 Å². The molecule has 2 atom stereocenters. The van der Waals surface area contributed by atoms with Crippen LogP contribution in [0.5, 0.6) is 5.75 Å². The van der Waals surface area contributed by atoms with Crippen molar-refractivity contribution in [3.05, 3.63) is 120 Å². The molecule has 1 aromatic heterocycles. The second-order valence-corrected chi connectivity index (χ2v) is 7.82. The van der Waals surface area contributed by atoms with E-state index in [1.807, 2.05) is 67.6 Å². The molecule has 0 radical (unpaired) electrons. The first-order chi connectivity index (χ1) is 16.2. The Labute approximate surface area is 194 Å². The Bertz CT molecular complexity index is 1100. The lowest BCUT2D eigenvalue weighted by Gasteiger charge is -2.18. The van der Waals surface area contributed by atoms with E-state index in [2.05, 4.69) is 29.4 Å². The Hall–Kier alpha value is -3.86. The van der Waals surface area contributed by atoms with Crippen LogP contribution in [0.2, 0.25) is 0 Å². The van der Waals surface area contributed by atoms with Crippen LogP contribution < -0.4 is 4.74 Å². The number of carbonyl (C=O) groups excluding carboxylic acids is 1. The van der Waals surface area contributed by atoms with Gasteiger partial charge in [-0.25, -0.2) is 4.79 Å². The molecule has 4 rings (SSSR count). The third kappa shape index (κ3) is 5.50. The zero-order valence-electron chi connectivity index (χ0n) is 18.8. The van der Waals surface area contributed by atoms with Gasteiger partial charge < -0.3 is 14.0 Å². The van der Waals surface area contributed by atoms with Gasteiger partial charge in [-0.05, 0) is 36.6 Å². The standard InChI is InChI=1S/C28H27NO4/c1-3-25(32-28(30)20(2)31-23-17-11-6-12-18-23)24-19-26(33-29-24)27(21-13-7-4-8-14-21)22-15-9-5-10-16-22/h4-20,25,27H,3H2,1-2H3. The molecular weight excluding hydrogens is 414 g/mol. The van der Waals surface area contributed by atoms with Gasteiger partial charge in [-0.2, -0.15) is 0 Å². The average molecular weight is 442 g/mol. The van der Waals surface area contributed by atoms with Crippen LogP contribution in [0.1, 0.15) is 54.9 Å². The van der Waals surface area contributed by atoms with E-state index in [9.17, 15) is 4.79 Å². The minimum atomic E-state index is -0.741.